The SMILES string of the molecule is CC(=O)C1=NN(c2cccc(Cl)c2C)[C@]2(S1)SC(c1ccccc1)(c1ccccc1)c1ccccc12. The van der Waals surface area contributed by atoms with Gasteiger partial charge in [-0.05, 0) is 41.3 Å². The molecular formula is C30H23ClN2OS2. The van der Waals surface area contributed by atoms with Gasteiger partial charge in [0.25, 0.3) is 0 Å². The smallest absolute Gasteiger partial charge is 0.187 e. The van der Waals surface area contributed by atoms with Crippen molar-refractivity contribution in [2.24, 2.45) is 5.10 Å². The van der Waals surface area contributed by atoms with Gasteiger partial charge in [-0.2, -0.15) is 5.10 Å². The third kappa shape index (κ3) is 3.37. The normalized spacial score (nSPS) is 19.9. The van der Waals surface area contributed by atoms with Gasteiger partial charge in [0.2, 0.25) is 0 Å². The fourth-order valence-corrected chi connectivity index (χ4v) is 8.80. The van der Waals surface area contributed by atoms with Crippen LogP contribution in [0.15, 0.2) is 108 Å². The van der Waals surface area contributed by atoms with Gasteiger partial charge in [0.05, 0.1) is 10.4 Å². The van der Waals surface area contributed by atoms with Crippen LogP contribution in [0.2, 0.25) is 5.02 Å². The minimum atomic E-state index is -0.696. The van der Waals surface area contributed by atoms with Crippen molar-refractivity contribution in [3.63, 3.8) is 0 Å². The van der Waals surface area contributed by atoms with Crippen molar-refractivity contribution in [2.45, 2.75) is 22.8 Å². The zero-order valence-electron chi connectivity index (χ0n) is 19.8. The van der Waals surface area contributed by atoms with E-state index in [2.05, 4.69) is 72.8 Å². The number of Topliss-reactive ketones (excluding diaryl/α,β-unsaturated/α-hetero) is 1. The van der Waals surface area contributed by atoms with Crippen LogP contribution in [0.5, 0.6) is 0 Å². The van der Waals surface area contributed by atoms with Gasteiger partial charge in [-0.3, -0.25) is 4.79 Å². The molecule has 4 aromatic rings. The molecule has 0 saturated heterocycles. The number of halogens is 1. The van der Waals surface area contributed by atoms with Crippen LogP contribution in [0.3, 0.4) is 0 Å². The summed E-state index contributed by atoms with van der Waals surface area (Å²) < 4.78 is -1.20. The molecule has 36 heavy (non-hydrogen) atoms. The lowest BCUT2D eigenvalue weighted by Gasteiger charge is -2.37. The van der Waals surface area contributed by atoms with Crippen LogP contribution in [0.1, 0.15) is 34.7 Å². The van der Waals surface area contributed by atoms with Gasteiger partial charge in [0, 0.05) is 17.5 Å². The molecule has 0 N–H and O–H groups in total. The Morgan fingerprint density at radius 2 is 1.39 bits per heavy atom. The number of hydrogen-bond donors (Lipinski definition) is 0. The largest absolute Gasteiger partial charge is 0.292 e. The van der Waals surface area contributed by atoms with E-state index in [0.29, 0.717) is 10.1 Å². The van der Waals surface area contributed by atoms with Crippen LogP contribution in [-0.2, 0) is 13.7 Å². The first-order chi connectivity index (χ1) is 17.5. The molecule has 0 saturated carbocycles. The molecule has 1 atom stereocenters. The zero-order valence-corrected chi connectivity index (χ0v) is 22.2. The van der Waals surface area contributed by atoms with Crippen molar-refractivity contribution in [2.75, 3.05) is 5.01 Å². The number of hydrogen-bond acceptors (Lipinski definition) is 5. The predicted molar refractivity (Wildman–Crippen MR) is 153 cm³/mol. The molecule has 0 radical (unpaired) electrons. The van der Waals surface area contributed by atoms with E-state index in [0.717, 1.165) is 16.8 Å². The van der Waals surface area contributed by atoms with Crippen molar-refractivity contribution in [1.82, 2.24) is 0 Å². The minimum absolute atomic E-state index is 0.0449. The van der Waals surface area contributed by atoms with Gasteiger partial charge in [-0.25, -0.2) is 5.01 Å². The van der Waals surface area contributed by atoms with Gasteiger partial charge < -0.3 is 0 Å². The van der Waals surface area contributed by atoms with Crippen LogP contribution in [-0.4, -0.2) is 10.8 Å². The maximum absolute atomic E-state index is 12.7. The third-order valence-electron chi connectivity index (χ3n) is 6.77. The molecule has 0 aromatic heterocycles. The summed E-state index contributed by atoms with van der Waals surface area (Å²) in [6.07, 6.45) is 0. The van der Waals surface area contributed by atoms with Gasteiger partial charge in [-0.15, -0.1) is 0 Å². The summed E-state index contributed by atoms with van der Waals surface area (Å²) in [5.41, 5.74) is 6.53. The molecule has 0 amide bonds. The molecule has 3 nitrogen and oxygen atoms in total. The second-order valence-corrected chi connectivity index (χ2v) is 12.2. The quantitative estimate of drug-likeness (QED) is 0.270. The van der Waals surface area contributed by atoms with E-state index in [1.54, 1.807) is 6.92 Å². The first kappa shape index (κ1) is 23.4. The number of fused-ring (bicyclic) bond motifs is 2. The topological polar surface area (TPSA) is 32.7 Å². The average molecular weight is 527 g/mol. The van der Waals surface area contributed by atoms with Crippen LogP contribution >= 0.6 is 35.1 Å². The van der Waals surface area contributed by atoms with E-state index in [1.807, 2.05) is 54.0 Å². The predicted octanol–water partition coefficient (Wildman–Crippen LogP) is 7.95. The molecule has 4 aromatic carbocycles. The number of benzene rings is 4. The maximum atomic E-state index is 12.7. The summed E-state index contributed by atoms with van der Waals surface area (Å²) >= 11 is 9.93. The Morgan fingerprint density at radius 1 is 0.806 bits per heavy atom. The Labute approximate surface area is 224 Å². The Bertz CT molecular complexity index is 1470. The van der Waals surface area contributed by atoms with Crippen molar-refractivity contribution < 1.29 is 4.79 Å². The van der Waals surface area contributed by atoms with E-state index >= 15 is 0 Å². The van der Waals surface area contributed by atoms with E-state index in [4.69, 9.17) is 16.7 Å². The lowest BCUT2D eigenvalue weighted by atomic mass is 9.82. The molecule has 0 unspecified atom stereocenters. The van der Waals surface area contributed by atoms with Gasteiger partial charge >= 0.3 is 0 Å². The summed E-state index contributed by atoms with van der Waals surface area (Å²) in [7, 11) is 0. The van der Waals surface area contributed by atoms with Crippen LogP contribution in [0.4, 0.5) is 5.69 Å². The molecule has 178 valence electrons. The second-order valence-electron chi connectivity index (χ2n) is 8.90. The molecule has 2 aliphatic rings. The minimum Gasteiger partial charge on any atom is -0.292 e. The van der Waals surface area contributed by atoms with E-state index in [9.17, 15) is 4.79 Å². The zero-order chi connectivity index (χ0) is 24.9. The lowest BCUT2D eigenvalue weighted by Crippen LogP contribution is -2.34. The monoisotopic (exact) mass is 526 g/mol. The number of thioether (sulfide) groups is 2. The maximum Gasteiger partial charge on any atom is 0.187 e. The van der Waals surface area contributed by atoms with Gasteiger partial charge in [0.15, 0.2) is 15.0 Å². The lowest BCUT2D eigenvalue weighted by molar-refractivity contribution is -0.110. The molecular weight excluding hydrogens is 504 g/mol. The molecule has 2 heterocycles. The summed E-state index contributed by atoms with van der Waals surface area (Å²) in [5, 5.41) is 8.12. The van der Waals surface area contributed by atoms with Crippen molar-refractivity contribution in [3.8, 4) is 0 Å². The van der Waals surface area contributed by atoms with E-state index < -0.39 is 8.95 Å². The molecule has 6 heteroatoms. The van der Waals surface area contributed by atoms with Crippen molar-refractivity contribution >= 4 is 51.6 Å². The number of nitrogens with zero attached hydrogens (tertiary/aromatic N) is 2. The van der Waals surface area contributed by atoms with Crippen LogP contribution in [0, 0.1) is 6.92 Å². The third-order valence-corrected chi connectivity index (χ3v) is 10.6. The first-order valence-electron chi connectivity index (χ1n) is 11.7. The Kier molecular flexibility index (Phi) is 5.75. The molecule has 0 bridgehead atoms. The number of anilines is 1. The molecule has 0 fully saturated rings. The Balaban J connectivity index is 1.67. The second kappa shape index (κ2) is 8.84. The number of carbonyl (C=O) groups is 1. The van der Waals surface area contributed by atoms with Crippen LogP contribution in [0.25, 0.3) is 0 Å². The van der Waals surface area contributed by atoms with Gasteiger partial charge in [0.1, 0.15) is 0 Å². The Hall–Kier alpha value is -2.99. The first-order valence-corrected chi connectivity index (χ1v) is 13.7. The van der Waals surface area contributed by atoms with E-state index in [-0.39, 0.29) is 5.78 Å². The highest BCUT2D eigenvalue weighted by Gasteiger charge is 2.61. The summed E-state index contributed by atoms with van der Waals surface area (Å²) in [4.78, 5) is 12.7. The molecule has 1 spiro atoms. The van der Waals surface area contributed by atoms with E-state index in [1.165, 1.54) is 28.5 Å². The summed E-state index contributed by atoms with van der Waals surface area (Å²) in [6.45, 7) is 3.59. The van der Waals surface area contributed by atoms with Crippen LogP contribution < -0.4 is 5.01 Å². The highest BCUT2D eigenvalue weighted by molar-refractivity contribution is 8.27. The number of carbonyl (C=O) groups excluding carboxylic acids is 1. The standard InChI is InChI=1S/C30H23ClN2OS2/c1-20-26(31)18-11-19-27(20)33-30(35-28(32-33)21(2)34)25-17-10-9-16-24(25)29(36-30,22-12-5-3-6-13-22)23-14-7-4-8-15-23/h3-19H,1-2H3/t30-/m1/s1. The fraction of sp³-hybridized carbons (Fsp3) is 0.133. The summed E-state index contributed by atoms with van der Waals surface area (Å²) in [5.74, 6) is -0.0449. The molecule has 6 rings (SSSR count). The van der Waals surface area contributed by atoms with Crippen molar-refractivity contribution in [3.05, 3.63) is 136 Å². The number of hydrazone groups is 1. The highest BCUT2D eigenvalue weighted by Crippen LogP contribution is 2.71. The Morgan fingerprint density at radius 3 is 2.00 bits per heavy atom. The fourth-order valence-electron chi connectivity index (χ4n) is 5.09. The van der Waals surface area contributed by atoms with Crippen molar-refractivity contribution in [1.29, 1.82) is 0 Å². The highest BCUT2D eigenvalue weighted by atomic mass is 35.5. The number of ketones is 1. The van der Waals surface area contributed by atoms with Gasteiger partial charge in [-0.1, -0.05) is 126 Å². The average Bonchev–Trinajstić information content (AvgIpc) is 3.44. The number of rotatable bonds is 4. The summed E-state index contributed by atoms with van der Waals surface area (Å²) in [6, 6.07) is 35.6. The molecule has 0 aliphatic carbocycles. The molecule has 2 aliphatic heterocycles.